The number of rotatable bonds is 2. The standard InChI is InChI=1S/C13H16INO2/c1-9-3-2-6-15(8-9)12-5-4-10(13(16)17)7-11(12)14/h4-5,7,9H,2-3,6,8H2,1H3,(H,16,17). The molecule has 92 valence electrons. The van der Waals surface area contributed by atoms with E-state index in [4.69, 9.17) is 5.11 Å². The summed E-state index contributed by atoms with van der Waals surface area (Å²) in [6.07, 6.45) is 2.51. The molecule has 0 bridgehead atoms. The first-order chi connectivity index (χ1) is 8.08. The topological polar surface area (TPSA) is 40.5 Å². The fourth-order valence-corrected chi connectivity index (χ4v) is 3.16. The SMILES string of the molecule is CC1CCCN(c2ccc(C(=O)O)cc2I)C1. The van der Waals surface area contributed by atoms with Crippen LogP contribution in [-0.2, 0) is 0 Å². The molecule has 1 unspecified atom stereocenters. The maximum absolute atomic E-state index is 10.9. The van der Waals surface area contributed by atoms with Crippen molar-refractivity contribution in [3.8, 4) is 0 Å². The Balaban J connectivity index is 2.23. The lowest BCUT2D eigenvalue weighted by Crippen LogP contribution is -2.34. The van der Waals surface area contributed by atoms with Gasteiger partial charge in [0.1, 0.15) is 0 Å². The van der Waals surface area contributed by atoms with Gasteiger partial charge in [-0.15, -0.1) is 0 Å². The monoisotopic (exact) mass is 345 g/mol. The third-order valence-electron chi connectivity index (χ3n) is 3.19. The van der Waals surface area contributed by atoms with Crippen LogP contribution in [0, 0.1) is 9.49 Å². The first-order valence-electron chi connectivity index (χ1n) is 5.85. The van der Waals surface area contributed by atoms with Crippen molar-refractivity contribution in [2.45, 2.75) is 19.8 Å². The van der Waals surface area contributed by atoms with E-state index in [1.807, 2.05) is 6.07 Å². The van der Waals surface area contributed by atoms with Crippen molar-refractivity contribution in [1.29, 1.82) is 0 Å². The second-order valence-corrected chi connectivity index (χ2v) is 5.83. The fraction of sp³-hybridized carbons (Fsp3) is 0.462. The number of carbonyl (C=O) groups is 1. The van der Waals surface area contributed by atoms with E-state index in [2.05, 4.69) is 34.4 Å². The lowest BCUT2D eigenvalue weighted by Gasteiger charge is -2.33. The van der Waals surface area contributed by atoms with Gasteiger partial charge in [-0.2, -0.15) is 0 Å². The van der Waals surface area contributed by atoms with Gasteiger partial charge < -0.3 is 10.0 Å². The van der Waals surface area contributed by atoms with Gasteiger partial charge >= 0.3 is 5.97 Å². The van der Waals surface area contributed by atoms with Crippen LogP contribution in [0.15, 0.2) is 18.2 Å². The number of piperidine rings is 1. The minimum absolute atomic E-state index is 0.364. The normalized spacial score (nSPS) is 20.4. The zero-order valence-electron chi connectivity index (χ0n) is 9.82. The van der Waals surface area contributed by atoms with Crippen LogP contribution in [0.4, 0.5) is 5.69 Å². The summed E-state index contributed by atoms with van der Waals surface area (Å²) in [7, 11) is 0. The Morgan fingerprint density at radius 3 is 2.88 bits per heavy atom. The molecule has 0 aliphatic carbocycles. The Bertz CT molecular complexity index is 433. The Morgan fingerprint density at radius 1 is 1.53 bits per heavy atom. The van der Waals surface area contributed by atoms with Crippen LogP contribution in [0.1, 0.15) is 30.1 Å². The Hall–Kier alpha value is -0.780. The maximum Gasteiger partial charge on any atom is 0.335 e. The highest BCUT2D eigenvalue weighted by Crippen LogP contribution is 2.28. The summed E-state index contributed by atoms with van der Waals surface area (Å²) in [6, 6.07) is 5.37. The van der Waals surface area contributed by atoms with Gasteiger partial charge in [-0.1, -0.05) is 6.92 Å². The van der Waals surface area contributed by atoms with Crippen LogP contribution in [0.25, 0.3) is 0 Å². The molecular weight excluding hydrogens is 329 g/mol. The number of hydrogen-bond donors (Lipinski definition) is 1. The number of halogens is 1. The van der Waals surface area contributed by atoms with Gasteiger partial charge in [0.25, 0.3) is 0 Å². The highest BCUT2D eigenvalue weighted by atomic mass is 127. The van der Waals surface area contributed by atoms with Gasteiger partial charge in [-0.3, -0.25) is 0 Å². The molecule has 1 saturated heterocycles. The zero-order valence-corrected chi connectivity index (χ0v) is 12.0. The molecule has 1 atom stereocenters. The van der Waals surface area contributed by atoms with E-state index >= 15 is 0 Å². The summed E-state index contributed by atoms with van der Waals surface area (Å²) in [5, 5.41) is 8.94. The van der Waals surface area contributed by atoms with Crippen molar-refractivity contribution in [3.63, 3.8) is 0 Å². The van der Waals surface area contributed by atoms with E-state index < -0.39 is 5.97 Å². The van der Waals surface area contributed by atoms with E-state index in [0.29, 0.717) is 5.56 Å². The molecule has 17 heavy (non-hydrogen) atoms. The average molecular weight is 345 g/mol. The predicted octanol–water partition coefficient (Wildman–Crippen LogP) is 3.23. The van der Waals surface area contributed by atoms with Crippen LogP contribution >= 0.6 is 22.6 Å². The Kier molecular flexibility index (Phi) is 3.91. The van der Waals surface area contributed by atoms with E-state index in [9.17, 15) is 4.79 Å². The molecule has 0 aromatic heterocycles. The van der Waals surface area contributed by atoms with Crippen molar-refractivity contribution in [2.24, 2.45) is 5.92 Å². The van der Waals surface area contributed by atoms with Crippen molar-refractivity contribution in [1.82, 2.24) is 0 Å². The van der Waals surface area contributed by atoms with Crippen LogP contribution in [-0.4, -0.2) is 24.2 Å². The molecule has 2 rings (SSSR count). The summed E-state index contributed by atoms with van der Waals surface area (Å²) in [5.41, 5.74) is 1.53. The average Bonchev–Trinajstić information content (AvgIpc) is 2.28. The van der Waals surface area contributed by atoms with Crippen molar-refractivity contribution >= 4 is 34.2 Å². The lowest BCUT2D eigenvalue weighted by atomic mass is 9.99. The summed E-state index contributed by atoms with van der Waals surface area (Å²) < 4.78 is 1.02. The largest absolute Gasteiger partial charge is 0.478 e. The van der Waals surface area contributed by atoms with E-state index in [-0.39, 0.29) is 0 Å². The third kappa shape index (κ3) is 2.91. The molecule has 3 nitrogen and oxygen atoms in total. The molecule has 0 saturated carbocycles. The Morgan fingerprint density at radius 2 is 2.29 bits per heavy atom. The van der Waals surface area contributed by atoms with Crippen LogP contribution < -0.4 is 4.90 Å². The molecule has 0 radical (unpaired) electrons. The number of carboxylic acids is 1. The first-order valence-corrected chi connectivity index (χ1v) is 6.93. The van der Waals surface area contributed by atoms with Crippen molar-refractivity contribution in [3.05, 3.63) is 27.3 Å². The minimum atomic E-state index is -0.860. The molecule has 4 heteroatoms. The minimum Gasteiger partial charge on any atom is -0.478 e. The molecule has 1 aliphatic heterocycles. The van der Waals surface area contributed by atoms with Crippen LogP contribution in [0.5, 0.6) is 0 Å². The second-order valence-electron chi connectivity index (χ2n) is 4.66. The van der Waals surface area contributed by atoms with Crippen molar-refractivity contribution < 1.29 is 9.90 Å². The van der Waals surface area contributed by atoms with Crippen LogP contribution in [0.3, 0.4) is 0 Å². The quantitative estimate of drug-likeness (QED) is 0.837. The summed E-state index contributed by atoms with van der Waals surface area (Å²) in [5.74, 6) is -0.139. The molecule has 1 aliphatic rings. The van der Waals surface area contributed by atoms with Gasteiger partial charge in [0.2, 0.25) is 0 Å². The molecule has 1 aromatic carbocycles. The molecule has 1 aromatic rings. The van der Waals surface area contributed by atoms with E-state index in [0.717, 1.165) is 22.6 Å². The summed E-state index contributed by atoms with van der Waals surface area (Å²) in [6.45, 7) is 4.42. The smallest absolute Gasteiger partial charge is 0.335 e. The maximum atomic E-state index is 10.9. The van der Waals surface area contributed by atoms with E-state index in [1.54, 1.807) is 12.1 Å². The number of hydrogen-bond acceptors (Lipinski definition) is 2. The third-order valence-corrected chi connectivity index (χ3v) is 4.06. The second kappa shape index (κ2) is 5.25. The molecule has 1 fully saturated rings. The predicted molar refractivity (Wildman–Crippen MR) is 76.7 cm³/mol. The number of carboxylic acid groups (broad SMARTS) is 1. The van der Waals surface area contributed by atoms with Crippen molar-refractivity contribution in [2.75, 3.05) is 18.0 Å². The number of aromatic carboxylic acids is 1. The zero-order chi connectivity index (χ0) is 12.4. The van der Waals surface area contributed by atoms with Gasteiger partial charge in [0, 0.05) is 16.7 Å². The first kappa shape index (κ1) is 12.7. The molecular formula is C13H16INO2. The molecule has 1 N–H and O–H groups in total. The molecule has 1 heterocycles. The summed E-state index contributed by atoms with van der Waals surface area (Å²) >= 11 is 2.22. The lowest BCUT2D eigenvalue weighted by molar-refractivity contribution is 0.0697. The fourth-order valence-electron chi connectivity index (χ4n) is 2.30. The molecule has 0 spiro atoms. The highest BCUT2D eigenvalue weighted by Gasteiger charge is 2.18. The summed E-state index contributed by atoms with van der Waals surface area (Å²) in [4.78, 5) is 13.2. The van der Waals surface area contributed by atoms with Crippen LogP contribution in [0.2, 0.25) is 0 Å². The molecule has 0 amide bonds. The highest BCUT2D eigenvalue weighted by molar-refractivity contribution is 14.1. The van der Waals surface area contributed by atoms with Gasteiger partial charge in [0.05, 0.1) is 11.3 Å². The number of benzene rings is 1. The van der Waals surface area contributed by atoms with Gasteiger partial charge in [-0.05, 0) is 59.5 Å². The Labute approximate surface area is 115 Å². The van der Waals surface area contributed by atoms with E-state index in [1.165, 1.54) is 18.5 Å². The number of anilines is 1. The number of nitrogens with zero attached hydrogens (tertiary/aromatic N) is 1. The van der Waals surface area contributed by atoms with Gasteiger partial charge in [-0.25, -0.2) is 4.79 Å². The van der Waals surface area contributed by atoms with Gasteiger partial charge in [0.15, 0.2) is 0 Å².